The maximum absolute atomic E-state index is 9.04. The molecule has 3 nitrogen and oxygen atoms in total. The Morgan fingerprint density at radius 2 is 2.44 bits per heavy atom. The standard InChI is InChI=1S/C12H16BrNO2/c1-8(12-11(13)4-5-16-12)14-10-3-2-9(6-10)7-15/h2-5,8-10,14-15H,6-7H2,1H3/t8?,9-,10+/m0/s1. The molecule has 0 fully saturated rings. The fourth-order valence-corrected chi connectivity index (χ4v) is 2.59. The van der Waals surface area contributed by atoms with E-state index < -0.39 is 0 Å². The molecule has 1 heterocycles. The number of aliphatic hydroxyl groups is 1. The lowest BCUT2D eigenvalue weighted by molar-refractivity contribution is 0.244. The first kappa shape index (κ1) is 11.9. The van der Waals surface area contributed by atoms with Gasteiger partial charge in [-0.15, -0.1) is 0 Å². The van der Waals surface area contributed by atoms with Crippen molar-refractivity contribution in [1.29, 1.82) is 0 Å². The van der Waals surface area contributed by atoms with Crippen LogP contribution in [-0.4, -0.2) is 17.8 Å². The molecular weight excluding hydrogens is 270 g/mol. The molecule has 1 aliphatic rings. The van der Waals surface area contributed by atoms with E-state index >= 15 is 0 Å². The molecule has 88 valence electrons. The van der Waals surface area contributed by atoms with Gasteiger partial charge < -0.3 is 14.8 Å². The van der Waals surface area contributed by atoms with E-state index in [1.54, 1.807) is 6.26 Å². The molecule has 0 bridgehead atoms. The average molecular weight is 286 g/mol. The lowest BCUT2D eigenvalue weighted by atomic mass is 10.1. The molecule has 1 aromatic heterocycles. The third-order valence-electron chi connectivity index (χ3n) is 2.91. The van der Waals surface area contributed by atoms with E-state index in [2.05, 4.69) is 40.3 Å². The van der Waals surface area contributed by atoms with Crippen molar-refractivity contribution in [2.75, 3.05) is 6.61 Å². The van der Waals surface area contributed by atoms with Gasteiger partial charge in [0, 0.05) is 18.6 Å². The summed E-state index contributed by atoms with van der Waals surface area (Å²) in [5.41, 5.74) is 0. The van der Waals surface area contributed by atoms with Crippen LogP contribution >= 0.6 is 15.9 Å². The Balaban J connectivity index is 1.92. The molecule has 1 aromatic rings. The summed E-state index contributed by atoms with van der Waals surface area (Å²) in [5.74, 6) is 1.21. The smallest absolute Gasteiger partial charge is 0.134 e. The van der Waals surface area contributed by atoms with Crippen molar-refractivity contribution in [3.8, 4) is 0 Å². The highest BCUT2D eigenvalue weighted by Gasteiger charge is 2.21. The summed E-state index contributed by atoms with van der Waals surface area (Å²) in [6, 6.07) is 2.38. The van der Waals surface area contributed by atoms with E-state index in [-0.39, 0.29) is 12.6 Å². The average Bonchev–Trinajstić information content (AvgIpc) is 2.86. The number of rotatable bonds is 4. The third-order valence-corrected chi connectivity index (χ3v) is 3.56. The van der Waals surface area contributed by atoms with Crippen molar-refractivity contribution in [2.24, 2.45) is 5.92 Å². The Labute approximate surface area is 104 Å². The van der Waals surface area contributed by atoms with Crippen LogP contribution in [0.5, 0.6) is 0 Å². The third kappa shape index (κ3) is 2.56. The van der Waals surface area contributed by atoms with E-state index in [1.165, 1.54) is 0 Å². The minimum absolute atomic E-state index is 0.163. The van der Waals surface area contributed by atoms with Gasteiger partial charge in [-0.25, -0.2) is 0 Å². The first-order chi connectivity index (χ1) is 7.70. The predicted octanol–water partition coefficient (Wildman–Crippen LogP) is 2.63. The predicted molar refractivity (Wildman–Crippen MR) is 66.1 cm³/mol. The monoisotopic (exact) mass is 285 g/mol. The summed E-state index contributed by atoms with van der Waals surface area (Å²) >= 11 is 3.45. The Hall–Kier alpha value is -0.580. The largest absolute Gasteiger partial charge is 0.466 e. The number of hydrogen-bond acceptors (Lipinski definition) is 3. The molecule has 0 saturated heterocycles. The highest BCUT2D eigenvalue weighted by Crippen LogP contribution is 2.26. The Kier molecular flexibility index (Phi) is 3.84. The normalized spacial score (nSPS) is 26.2. The number of furan rings is 1. The molecule has 1 aliphatic carbocycles. The highest BCUT2D eigenvalue weighted by molar-refractivity contribution is 9.10. The quantitative estimate of drug-likeness (QED) is 0.836. The second-order valence-corrected chi connectivity index (χ2v) is 5.05. The number of hydrogen-bond donors (Lipinski definition) is 2. The second-order valence-electron chi connectivity index (χ2n) is 4.19. The van der Waals surface area contributed by atoms with Crippen molar-refractivity contribution in [2.45, 2.75) is 25.4 Å². The molecule has 0 aliphatic heterocycles. The SMILES string of the molecule is CC(N[C@@H]1C=C[C@H](CO)C1)c1occc1Br. The van der Waals surface area contributed by atoms with Gasteiger partial charge in [0.1, 0.15) is 5.76 Å². The van der Waals surface area contributed by atoms with Gasteiger partial charge in [-0.2, -0.15) is 0 Å². The van der Waals surface area contributed by atoms with Crippen molar-refractivity contribution < 1.29 is 9.52 Å². The van der Waals surface area contributed by atoms with Gasteiger partial charge in [-0.05, 0) is 35.3 Å². The van der Waals surface area contributed by atoms with Crippen LogP contribution in [0.2, 0.25) is 0 Å². The minimum atomic E-state index is 0.163. The van der Waals surface area contributed by atoms with Crippen LogP contribution in [0.15, 0.2) is 33.4 Å². The van der Waals surface area contributed by atoms with E-state index in [0.717, 1.165) is 16.7 Å². The molecule has 0 spiro atoms. The van der Waals surface area contributed by atoms with Crippen LogP contribution in [0, 0.1) is 5.92 Å². The molecule has 3 atom stereocenters. The first-order valence-corrected chi connectivity index (χ1v) is 6.28. The zero-order valence-electron chi connectivity index (χ0n) is 9.19. The van der Waals surface area contributed by atoms with Crippen molar-refractivity contribution in [1.82, 2.24) is 5.32 Å². The molecule has 2 rings (SSSR count). The zero-order valence-corrected chi connectivity index (χ0v) is 10.8. The zero-order chi connectivity index (χ0) is 11.5. The molecule has 0 aromatic carbocycles. The Bertz CT molecular complexity index is 375. The molecule has 2 N–H and O–H groups in total. The van der Waals surface area contributed by atoms with Gasteiger partial charge in [-0.1, -0.05) is 12.2 Å². The molecule has 16 heavy (non-hydrogen) atoms. The van der Waals surface area contributed by atoms with Crippen molar-refractivity contribution in [3.63, 3.8) is 0 Å². The number of halogens is 1. The second kappa shape index (κ2) is 5.17. The highest BCUT2D eigenvalue weighted by atomic mass is 79.9. The van der Waals surface area contributed by atoms with Gasteiger partial charge in [-0.3, -0.25) is 0 Å². The maximum Gasteiger partial charge on any atom is 0.134 e. The molecule has 0 saturated carbocycles. The molecule has 1 unspecified atom stereocenters. The minimum Gasteiger partial charge on any atom is -0.466 e. The summed E-state index contributed by atoms with van der Waals surface area (Å²) in [7, 11) is 0. The Morgan fingerprint density at radius 1 is 1.62 bits per heavy atom. The van der Waals surface area contributed by atoms with Crippen LogP contribution in [-0.2, 0) is 0 Å². The van der Waals surface area contributed by atoms with Gasteiger partial charge in [0.2, 0.25) is 0 Å². The van der Waals surface area contributed by atoms with E-state index in [0.29, 0.717) is 12.0 Å². The lowest BCUT2D eigenvalue weighted by Gasteiger charge is -2.17. The molecular formula is C12H16BrNO2. The topological polar surface area (TPSA) is 45.4 Å². The summed E-state index contributed by atoms with van der Waals surface area (Å²) in [4.78, 5) is 0. The maximum atomic E-state index is 9.04. The van der Waals surface area contributed by atoms with Crippen molar-refractivity contribution in [3.05, 3.63) is 34.7 Å². The summed E-state index contributed by atoms with van der Waals surface area (Å²) < 4.78 is 6.40. The van der Waals surface area contributed by atoms with Gasteiger partial charge in [0.05, 0.1) is 16.8 Å². The van der Waals surface area contributed by atoms with Gasteiger partial charge >= 0.3 is 0 Å². The van der Waals surface area contributed by atoms with Crippen LogP contribution in [0.1, 0.15) is 25.1 Å². The summed E-state index contributed by atoms with van der Waals surface area (Å²) in [6.45, 7) is 2.30. The van der Waals surface area contributed by atoms with Crippen LogP contribution in [0.3, 0.4) is 0 Å². The van der Waals surface area contributed by atoms with Crippen molar-refractivity contribution >= 4 is 15.9 Å². The van der Waals surface area contributed by atoms with E-state index in [4.69, 9.17) is 9.52 Å². The van der Waals surface area contributed by atoms with E-state index in [1.807, 2.05) is 6.07 Å². The van der Waals surface area contributed by atoms with Crippen LogP contribution < -0.4 is 5.32 Å². The summed E-state index contributed by atoms with van der Waals surface area (Å²) in [6.07, 6.45) is 6.83. The Morgan fingerprint density at radius 3 is 3.00 bits per heavy atom. The summed E-state index contributed by atoms with van der Waals surface area (Å²) in [5, 5.41) is 12.5. The molecule has 0 radical (unpaired) electrons. The number of nitrogens with one attached hydrogen (secondary N) is 1. The first-order valence-electron chi connectivity index (χ1n) is 5.49. The van der Waals surface area contributed by atoms with Crippen LogP contribution in [0.25, 0.3) is 0 Å². The lowest BCUT2D eigenvalue weighted by Crippen LogP contribution is -2.29. The van der Waals surface area contributed by atoms with E-state index in [9.17, 15) is 0 Å². The fraction of sp³-hybridized carbons (Fsp3) is 0.500. The molecule has 4 heteroatoms. The van der Waals surface area contributed by atoms with Crippen LogP contribution in [0.4, 0.5) is 0 Å². The fourth-order valence-electron chi connectivity index (χ4n) is 2.04. The van der Waals surface area contributed by atoms with Gasteiger partial charge in [0.25, 0.3) is 0 Å². The van der Waals surface area contributed by atoms with Gasteiger partial charge in [0.15, 0.2) is 0 Å². The molecule has 0 amide bonds. The number of aliphatic hydroxyl groups excluding tert-OH is 1.